The minimum Gasteiger partial charge on any atom is -0.222 e. The first kappa shape index (κ1) is 6.15. The zero-order valence-electron chi connectivity index (χ0n) is 5.45. The Hall–Kier alpha value is -1.58. The van der Waals surface area contributed by atoms with Crippen LogP contribution in [0.3, 0.4) is 0 Å². The zero-order chi connectivity index (χ0) is 7.68. The van der Waals surface area contributed by atoms with Crippen LogP contribution < -0.4 is 0 Å². The average molecular weight is 148 g/mol. The number of aromatic nitrogens is 3. The molecule has 0 aliphatic rings. The Morgan fingerprint density at radius 1 is 1.27 bits per heavy atom. The maximum atomic E-state index is 12.5. The number of rotatable bonds is 0. The van der Waals surface area contributed by atoms with Crippen LogP contribution >= 0.6 is 0 Å². The highest BCUT2D eigenvalue weighted by atomic mass is 19.1. The van der Waals surface area contributed by atoms with Crippen LogP contribution in [0.1, 0.15) is 0 Å². The first-order valence-corrected chi connectivity index (χ1v) is 3.02. The number of halogens is 1. The van der Waals surface area contributed by atoms with Gasteiger partial charge in [0.25, 0.3) is 0 Å². The molecule has 0 saturated heterocycles. The Bertz CT molecular complexity index is 388. The molecule has 0 spiro atoms. The number of nitrogens with zero attached hydrogens (tertiary/aromatic N) is 3. The van der Waals surface area contributed by atoms with E-state index in [-0.39, 0.29) is 5.82 Å². The minimum atomic E-state index is -0.334. The van der Waals surface area contributed by atoms with Crippen LogP contribution in [0.5, 0.6) is 0 Å². The molecule has 0 saturated carbocycles. The lowest BCUT2D eigenvalue weighted by molar-refractivity contribution is 0.629. The van der Waals surface area contributed by atoms with E-state index in [0.29, 0.717) is 11.0 Å². The van der Waals surface area contributed by atoms with Gasteiger partial charge in [0.2, 0.25) is 6.33 Å². The molecule has 0 amide bonds. The summed E-state index contributed by atoms with van der Waals surface area (Å²) >= 11 is 0. The van der Waals surface area contributed by atoms with Crippen molar-refractivity contribution in [2.75, 3.05) is 0 Å². The van der Waals surface area contributed by atoms with E-state index in [4.69, 9.17) is 0 Å². The van der Waals surface area contributed by atoms with Crippen LogP contribution in [0.4, 0.5) is 4.39 Å². The minimum absolute atomic E-state index is 0.334. The van der Waals surface area contributed by atoms with Gasteiger partial charge < -0.3 is 0 Å². The Kier molecular flexibility index (Phi) is 1.25. The maximum Gasteiger partial charge on any atom is 0.222 e. The summed E-state index contributed by atoms with van der Waals surface area (Å²) in [4.78, 5) is 3.76. The number of fused-ring (bicyclic) bond motifs is 1. The van der Waals surface area contributed by atoms with Gasteiger partial charge in [0.1, 0.15) is 11.3 Å². The molecule has 0 fully saturated rings. The lowest BCUT2D eigenvalue weighted by atomic mass is 10.3. The van der Waals surface area contributed by atoms with Gasteiger partial charge >= 0.3 is 0 Å². The molecule has 53 valence electrons. The third kappa shape index (κ3) is 1.02. The second-order valence-electron chi connectivity index (χ2n) is 2.04. The van der Waals surface area contributed by atoms with Crippen molar-refractivity contribution in [1.82, 2.24) is 15.2 Å². The molecule has 0 aliphatic carbocycles. The molecule has 11 heavy (non-hydrogen) atoms. The van der Waals surface area contributed by atoms with Crippen LogP contribution in [0.25, 0.3) is 11.0 Å². The molecule has 2 rings (SSSR count). The standard InChI is InChI=1S/C7H3FN3/c8-5-1-2-6-7(3-5)11-10-4-9-6/h1-3H. The van der Waals surface area contributed by atoms with E-state index in [0.717, 1.165) is 0 Å². The van der Waals surface area contributed by atoms with Gasteiger partial charge in [-0.25, -0.2) is 9.37 Å². The predicted octanol–water partition coefficient (Wildman–Crippen LogP) is 0.964. The van der Waals surface area contributed by atoms with Crippen LogP contribution in [-0.4, -0.2) is 15.2 Å². The molecule has 1 heterocycles. The molecule has 1 aromatic carbocycles. The molecule has 2 aromatic rings. The van der Waals surface area contributed by atoms with Crippen molar-refractivity contribution in [3.05, 3.63) is 30.3 Å². The Balaban J connectivity index is 2.83. The van der Waals surface area contributed by atoms with Crippen molar-refractivity contribution in [3.63, 3.8) is 0 Å². The second-order valence-corrected chi connectivity index (χ2v) is 2.04. The third-order valence-electron chi connectivity index (χ3n) is 1.31. The fourth-order valence-corrected chi connectivity index (χ4v) is 0.824. The molecule has 0 unspecified atom stereocenters. The maximum absolute atomic E-state index is 12.5. The van der Waals surface area contributed by atoms with Crippen LogP contribution in [0.15, 0.2) is 18.2 Å². The summed E-state index contributed by atoms with van der Waals surface area (Å²) in [6.07, 6.45) is 2.32. The van der Waals surface area contributed by atoms with Gasteiger partial charge in [-0.05, 0) is 12.1 Å². The lowest BCUT2D eigenvalue weighted by Crippen LogP contribution is -1.87. The van der Waals surface area contributed by atoms with E-state index in [1.165, 1.54) is 18.2 Å². The molecule has 4 heteroatoms. The highest BCUT2D eigenvalue weighted by molar-refractivity contribution is 5.72. The number of hydrogen-bond donors (Lipinski definition) is 0. The number of benzene rings is 1. The second kappa shape index (κ2) is 2.23. The monoisotopic (exact) mass is 148 g/mol. The van der Waals surface area contributed by atoms with E-state index >= 15 is 0 Å². The highest BCUT2D eigenvalue weighted by Gasteiger charge is 1.96. The van der Waals surface area contributed by atoms with E-state index < -0.39 is 0 Å². The summed E-state index contributed by atoms with van der Waals surface area (Å²) in [6, 6.07) is 4.14. The quantitative estimate of drug-likeness (QED) is 0.558. The molecule has 0 atom stereocenters. The predicted molar refractivity (Wildman–Crippen MR) is 36.1 cm³/mol. The largest absolute Gasteiger partial charge is 0.222 e. The topological polar surface area (TPSA) is 38.7 Å². The van der Waals surface area contributed by atoms with Crippen molar-refractivity contribution >= 4 is 11.0 Å². The highest BCUT2D eigenvalue weighted by Crippen LogP contribution is 2.07. The fraction of sp³-hybridized carbons (Fsp3) is 0. The van der Waals surface area contributed by atoms with Crippen molar-refractivity contribution in [2.45, 2.75) is 0 Å². The first-order chi connectivity index (χ1) is 5.36. The summed E-state index contributed by atoms with van der Waals surface area (Å²) in [6.45, 7) is 0. The Morgan fingerprint density at radius 2 is 2.18 bits per heavy atom. The van der Waals surface area contributed by atoms with Gasteiger partial charge in [-0.2, -0.15) is 0 Å². The average Bonchev–Trinajstić information content (AvgIpc) is 2.04. The lowest BCUT2D eigenvalue weighted by Gasteiger charge is -1.91. The molecule has 3 nitrogen and oxygen atoms in total. The van der Waals surface area contributed by atoms with E-state index in [1.54, 1.807) is 0 Å². The van der Waals surface area contributed by atoms with Crippen LogP contribution in [0.2, 0.25) is 0 Å². The molecular formula is C7H3FN3. The van der Waals surface area contributed by atoms with Gasteiger partial charge in [0, 0.05) is 6.07 Å². The summed E-state index contributed by atoms with van der Waals surface area (Å²) in [7, 11) is 0. The Morgan fingerprint density at radius 3 is 3.09 bits per heavy atom. The summed E-state index contributed by atoms with van der Waals surface area (Å²) < 4.78 is 12.5. The molecular weight excluding hydrogens is 145 g/mol. The SMILES string of the molecule is Fc1ccc2n[c]nnc2c1. The zero-order valence-corrected chi connectivity index (χ0v) is 5.45. The summed E-state index contributed by atoms with van der Waals surface area (Å²) in [5.41, 5.74) is 1.05. The van der Waals surface area contributed by atoms with Gasteiger partial charge in [-0.3, -0.25) is 0 Å². The van der Waals surface area contributed by atoms with E-state index in [9.17, 15) is 4.39 Å². The normalized spacial score (nSPS) is 10.3. The first-order valence-electron chi connectivity index (χ1n) is 3.02. The van der Waals surface area contributed by atoms with Crippen molar-refractivity contribution in [2.24, 2.45) is 0 Å². The number of hydrogen-bond acceptors (Lipinski definition) is 3. The van der Waals surface area contributed by atoms with Crippen LogP contribution in [-0.2, 0) is 0 Å². The van der Waals surface area contributed by atoms with E-state index in [2.05, 4.69) is 21.5 Å². The molecule has 1 radical (unpaired) electrons. The van der Waals surface area contributed by atoms with Gasteiger partial charge in [0.05, 0.1) is 5.52 Å². The fourth-order valence-electron chi connectivity index (χ4n) is 0.824. The summed E-state index contributed by atoms with van der Waals surface area (Å²) in [5.74, 6) is -0.334. The van der Waals surface area contributed by atoms with E-state index in [1.807, 2.05) is 0 Å². The van der Waals surface area contributed by atoms with Crippen molar-refractivity contribution in [3.8, 4) is 0 Å². The molecule has 0 bridgehead atoms. The van der Waals surface area contributed by atoms with Crippen LogP contribution in [0, 0.1) is 12.1 Å². The molecule has 0 aliphatic heterocycles. The summed E-state index contributed by atoms with van der Waals surface area (Å²) in [5, 5.41) is 7.04. The van der Waals surface area contributed by atoms with Gasteiger partial charge in [-0.15, -0.1) is 10.2 Å². The van der Waals surface area contributed by atoms with Gasteiger partial charge in [-0.1, -0.05) is 0 Å². The van der Waals surface area contributed by atoms with Crippen molar-refractivity contribution < 1.29 is 4.39 Å². The molecule has 1 aromatic heterocycles. The molecule has 0 N–H and O–H groups in total. The Labute approximate surface area is 61.9 Å². The smallest absolute Gasteiger partial charge is 0.222 e. The van der Waals surface area contributed by atoms with Gasteiger partial charge in [0.15, 0.2) is 0 Å². The third-order valence-corrected chi connectivity index (χ3v) is 1.31. The van der Waals surface area contributed by atoms with Crippen molar-refractivity contribution in [1.29, 1.82) is 0 Å².